The van der Waals surface area contributed by atoms with E-state index in [-0.39, 0.29) is 11.4 Å². The largest absolute Gasteiger partial charge is 0.350 e. The molecule has 2 fully saturated rings. The maximum atomic E-state index is 11.5. The minimum Gasteiger partial charge on any atom is -0.350 e. The van der Waals surface area contributed by atoms with Crippen molar-refractivity contribution >= 4 is 5.91 Å². The molecule has 1 saturated heterocycles. The van der Waals surface area contributed by atoms with Gasteiger partial charge < -0.3 is 10.6 Å². The van der Waals surface area contributed by atoms with Crippen molar-refractivity contribution < 1.29 is 4.79 Å². The third-order valence-corrected chi connectivity index (χ3v) is 5.20. The Morgan fingerprint density at radius 1 is 1.24 bits per heavy atom. The van der Waals surface area contributed by atoms with Gasteiger partial charge in [0.05, 0.1) is 0 Å². The molecule has 2 N–H and O–H groups in total. The highest BCUT2D eigenvalue weighted by Gasteiger charge is 2.39. The summed E-state index contributed by atoms with van der Waals surface area (Å²) in [5.41, 5.74) is 2.78. The van der Waals surface area contributed by atoms with Gasteiger partial charge in [-0.2, -0.15) is 0 Å². The fourth-order valence-electron chi connectivity index (χ4n) is 3.77. The van der Waals surface area contributed by atoms with Gasteiger partial charge in [-0.1, -0.05) is 24.3 Å². The number of carbonyl (C=O) groups is 1. The lowest BCUT2D eigenvalue weighted by Gasteiger charge is -2.45. The molecule has 0 spiro atoms. The summed E-state index contributed by atoms with van der Waals surface area (Å²) >= 11 is 0. The van der Waals surface area contributed by atoms with Crippen molar-refractivity contribution in [3.8, 4) is 0 Å². The third kappa shape index (κ3) is 2.98. The fraction of sp³-hybridized carbons (Fsp3) is 0.611. The highest BCUT2D eigenvalue weighted by atomic mass is 16.1. The fourth-order valence-corrected chi connectivity index (χ4v) is 3.77. The average Bonchev–Trinajstić information content (AvgIpc) is 2.36. The molecule has 1 aromatic rings. The standard InChI is InChI=1S/C18H26N2O/c1-12-6-4-5-7-15(12)13-10-14(11-13)19-16-8-9-17(21)20-18(16,2)3/h4-7,13-14,16,19H,8-11H2,1-3H3,(H,20,21). The van der Waals surface area contributed by atoms with Crippen molar-refractivity contribution in [2.75, 3.05) is 0 Å². The zero-order valence-electron chi connectivity index (χ0n) is 13.3. The molecule has 1 aliphatic heterocycles. The van der Waals surface area contributed by atoms with E-state index in [0.717, 1.165) is 6.42 Å². The lowest BCUT2D eigenvalue weighted by atomic mass is 9.73. The predicted octanol–water partition coefficient (Wildman–Crippen LogP) is 2.89. The number of aryl methyl sites for hydroxylation is 1. The molecule has 3 rings (SSSR count). The third-order valence-electron chi connectivity index (χ3n) is 5.20. The first-order chi connectivity index (χ1) is 9.95. The van der Waals surface area contributed by atoms with E-state index in [1.165, 1.54) is 24.0 Å². The van der Waals surface area contributed by atoms with Crippen LogP contribution in [0.2, 0.25) is 0 Å². The lowest BCUT2D eigenvalue weighted by Crippen LogP contribution is -2.63. The molecule has 1 aliphatic carbocycles. The van der Waals surface area contributed by atoms with Gasteiger partial charge in [0, 0.05) is 24.0 Å². The summed E-state index contributed by atoms with van der Waals surface area (Å²) in [6.45, 7) is 6.45. The van der Waals surface area contributed by atoms with Crippen LogP contribution in [-0.4, -0.2) is 23.5 Å². The van der Waals surface area contributed by atoms with E-state index in [2.05, 4.69) is 55.7 Å². The SMILES string of the molecule is Cc1ccccc1C1CC(NC2CCC(=O)NC2(C)C)C1. The van der Waals surface area contributed by atoms with Gasteiger partial charge in [-0.05, 0) is 57.1 Å². The predicted molar refractivity (Wildman–Crippen MR) is 85.3 cm³/mol. The number of rotatable bonds is 3. The smallest absolute Gasteiger partial charge is 0.220 e. The summed E-state index contributed by atoms with van der Waals surface area (Å²) in [7, 11) is 0. The summed E-state index contributed by atoms with van der Waals surface area (Å²) in [6, 6.07) is 9.70. The molecule has 114 valence electrons. The number of hydrogen-bond acceptors (Lipinski definition) is 2. The zero-order valence-corrected chi connectivity index (χ0v) is 13.3. The summed E-state index contributed by atoms with van der Waals surface area (Å²) < 4.78 is 0. The van der Waals surface area contributed by atoms with Gasteiger partial charge in [-0.25, -0.2) is 0 Å². The highest BCUT2D eigenvalue weighted by molar-refractivity contribution is 5.77. The summed E-state index contributed by atoms with van der Waals surface area (Å²) in [5.74, 6) is 0.884. The van der Waals surface area contributed by atoms with Crippen molar-refractivity contribution in [3.05, 3.63) is 35.4 Å². The Labute approximate surface area is 127 Å². The quantitative estimate of drug-likeness (QED) is 0.897. The molecule has 1 atom stereocenters. The topological polar surface area (TPSA) is 41.1 Å². The molecule has 1 heterocycles. The van der Waals surface area contributed by atoms with E-state index in [4.69, 9.17) is 0 Å². The van der Waals surface area contributed by atoms with Crippen molar-refractivity contribution in [1.82, 2.24) is 10.6 Å². The summed E-state index contributed by atoms with van der Waals surface area (Å²) in [4.78, 5) is 11.5. The Bertz CT molecular complexity index is 532. The summed E-state index contributed by atoms with van der Waals surface area (Å²) in [6.07, 6.45) is 4.02. The Hall–Kier alpha value is -1.35. The second-order valence-electron chi connectivity index (χ2n) is 7.25. The highest BCUT2D eigenvalue weighted by Crippen LogP contribution is 2.39. The number of amides is 1. The van der Waals surface area contributed by atoms with Gasteiger partial charge >= 0.3 is 0 Å². The molecule has 0 aromatic heterocycles. The molecule has 1 saturated carbocycles. The van der Waals surface area contributed by atoms with Crippen LogP contribution in [0.1, 0.15) is 56.6 Å². The first-order valence-electron chi connectivity index (χ1n) is 8.08. The Morgan fingerprint density at radius 3 is 2.62 bits per heavy atom. The number of carbonyl (C=O) groups excluding carboxylic acids is 1. The zero-order chi connectivity index (χ0) is 15.0. The Morgan fingerprint density at radius 2 is 1.95 bits per heavy atom. The lowest BCUT2D eigenvalue weighted by molar-refractivity contribution is -0.125. The number of piperidine rings is 1. The van der Waals surface area contributed by atoms with E-state index in [1.807, 2.05) is 0 Å². The van der Waals surface area contributed by atoms with Gasteiger partial charge in [0.25, 0.3) is 0 Å². The van der Waals surface area contributed by atoms with Crippen LogP contribution < -0.4 is 10.6 Å². The van der Waals surface area contributed by atoms with Gasteiger partial charge in [0.1, 0.15) is 0 Å². The first-order valence-corrected chi connectivity index (χ1v) is 8.08. The molecule has 2 aliphatic rings. The van der Waals surface area contributed by atoms with E-state index in [1.54, 1.807) is 0 Å². The molecule has 1 unspecified atom stereocenters. The number of nitrogens with one attached hydrogen (secondary N) is 2. The van der Waals surface area contributed by atoms with Crippen LogP contribution in [0.4, 0.5) is 0 Å². The van der Waals surface area contributed by atoms with Crippen molar-refractivity contribution in [2.24, 2.45) is 0 Å². The van der Waals surface area contributed by atoms with Gasteiger partial charge in [0.2, 0.25) is 5.91 Å². The van der Waals surface area contributed by atoms with Crippen LogP contribution in [0.25, 0.3) is 0 Å². The van der Waals surface area contributed by atoms with Gasteiger partial charge in [-0.15, -0.1) is 0 Å². The molecule has 1 amide bonds. The number of benzene rings is 1. The first kappa shape index (κ1) is 14.6. The minimum atomic E-state index is -0.136. The van der Waals surface area contributed by atoms with E-state index < -0.39 is 0 Å². The maximum absolute atomic E-state index is 11.5. The van der Waals surface area contributed by atoms with Crippen LogP contribution in [-0.2, 0) is 4.79 Å². The van der Waals surface area contributed by atoms with Crippen molar-refractivity contribution in [3.63, 3.8) is 0 Å². The van der Waals surface area contributed by atoms with Gasteiger partial charge in [0.15, 0.2) is 0 Å². The molecule has 3 nitrogen and oxygen atoms in total. The molecule has 1 aromatic carbocycles. The van der Waals surface area contributed by atoms with Crippen molar-refractivity contribution in [2.45, 2.75) is 70.0 Å². The molecule has 3 heteroatoms. The van der Waals surface area contributed by atoms with Crippen molar-refractivity contribution in [1.29, 1.82) is 0 Å². The maximum Gasteiger partial charge on any atom is 0.220 e. The Balaban J connectivity index is 1.55. The van der Waals surface area contributed by atoms with Crippen LogP contribution in [0.15, 0.2) is 24.3 Å². The second kappa shape index (κ2) is 5.45. The molecule has 0 radical (unpaired) electrons. The normalized spacial score (nSPS) is 31.4. The molecular weight excluding hydrogens is 260 g/mol. The average molecular weight is 286 g/mol. The molecule has 21 heavy (non-hydrogen) atoms. The van der Waals surface area contributed by atoms with E-state index >= 15 is 0 Å². The van der Waals surface area contributed by atoms with E-state index in [0.29, 0.717) is 24.4 Å². The van der Waals surface area contributed by atoms with Crippen LogP contribution in [0.5, 0.6) is 0 Å². The summed E-state index contributed by atoms with van der Waals surface area (Å²) in [5, 5.41) is 6.88. The monoisotopic (exact) mass is 286 g/mol. The Kier molecular flexibility index (Phi) is 3.78. The van der Waals surface area contributed by atoms with Crippen LogP contribution in [0, 0.1) is 6.92 Å². The van der Waals surface area contributed by atoms with Gasteiger partial charge in [-0.3, -0.25) is 4.79 Å². The van der Waals surface area contributed by atoms with Crippen LogP contribution in [0.3, 0.4) is 0 Å². The molecule has 0 bridgehead atoms. The van der Waals surface area contributed by atoms with Crippen LogP contribution >= 0.6 is 0 Å². The second-order valence-corrected chi connectivity index (χ2v) is 7.25. The molecular formula is C18H26N2O. The van der Waals surface area contributed by atoms with E-state index in [9.17, 15) is 4.79 Å². The number of hydrogen-bond donors (Lipinski definition) is 2. The minimum absolute atomic E-state index is 0.136.